The van der Waals surface area contributed by atoms with Crippen LogP contribution in [0.15, 0.2) is 54.6 Å². The molecule has 5 nitrogen and oxygen atoms in total. The van der Waals surface area contributed by atoms with E-state index in [0.717, 1.165) is 18.8 Å². The highest BCUT2D eigenvalue weighted by atomic mass is 31.2. The van der Waals surface area contributed by atoms with E-state index in [0.29, 0.717) is 12.8 Å². The van der Waals surface area contributed by atoms with E-state index in [9.17, 15) is 4.79 Å². The number of esters is 1. The van der Waals surface area contributed by atoms with Gasteiger partial charge in [-0.05, 0) is 38.5 Å². The molecule has 0 aromatic heterocycles. The van der Waals surface area contributed by atoms with Crippen LogP contribution in [0.4, 0.5) is 0 Å². The Kier molecular flexibility index (Phi) is 9.26. The van der Waals surface area contributed by atoms with Gasteiger partial charge in [0.25, 0.3) is 0 Å². The molecule has 2 unspecified atom stereocenters. The molecular formula is C21H28NO4P. The maximum atomic E-state index is 11.9. The summed E-state index contributed by atoms with van der Waals surface area (Å²) in [6.07, 6.45) is 0.0108. The number of rotatable bonds is 11. The molecular weight excluding hydrogens is 361 g/mol. The number of carbonyl (C=O) groups is 1. The van der Waals surface area contributed by atoms with Crippen LogP contribution in [0, 0.1) is 6.92 Å². The zero-order valence-corrected chi connectivity index (χ0v) is 17.1. The van der Waals surface area contributed by atoms with E-state index in [1.54, 1.807) is 13.8 Å². The van der Waals surface area contributed by atoms with Gasteiger partial charge >= 0.3 is 5.97 Å². The molecule has 0 aliphatic heterocycles. The van der Waals surface area contributed by atoms with Gasteiger partial charge in [-0.3, -0.25) is 0 Å². The van der Waals surface area contributed by atoms with Gasteiger partial charge in [-0.2, -0.15) is 0 Å². The zero-order valence-electron chi connectivity index (χ0n) is 16.2. The summed E-state index contributed by atoms with van der Waals surface area (Å²) in [7, 11) is -1.27. The lowest BCUT2D eigenvalue weighted by atomic mass is 10.1. The van der Waals surface area contributed by atoms with E-state index >= 15 is 0 Å². The summed E-state index contributed by atoms with van der Waals surface area (Å²) in [4.78, 5) is 11.9. The molecule has 0 amide bonds. The van der Waals surface area contributed by atoms with Gasteiger partial charge in [-0.25, -0.2) is 4.79 Å². The summed E-state index contributed by atoms with van der Waals surface area (Å²) < 4.78 is 16.9. The summed E-state index contributed by atoms with van der Waals surface area (Å²) >= 11 is 0. The molecule has 0 aliphatic rings. The smallest absolute Gasteiger partial charge is 0.335 e. The van der Waals surface area contributed by atoms with Crippen LogP contribution in [-0.2, 0) is 20.6 Å². The third-order valence-corrected chi connectivity index (χ3v) is 5.32. The van der Waals surface area contributed by atoms with Crippen molar-refractivity contribution in [1.29, 1.82) is 0 Å². The van der Waals surface area contributed by atoms with E-state index in [1.807, 2.05) is 30.3 Å². The number of benzene rings is 2. The summed E-state index contributed by atoms with van der Waals surface area (Å²) in [5.74, 6) is 0.368. The van der Waals surface area contributed by atoms with Gasteiger partial charge in [0.1, 0.15) is 5.75 Å². The standard InChI is InChI=1S/C21H28NO4P/c1-4-24-21(23)18(3)25-27(26-20-8-6-5-7-9-20)15-14-22-16-19-12-10-17(2)11-13-19/h5-13,18,22H,4,14-16H2,1-3H3. The molecule has 0 aliphatic carbocycles. The predicted octanol–water partition coefficient (Wildman–Crippen LogP) is 4.44. The maximum absolute atomic E-state index is 11.9. The molecule has 6 heteroatoms. The van der Waals surface area contributed by atoms with E-state index < -0.39 is 14.5 Å². The Morgan fingerprint density at radius 2 is 1.81 bits per heavy atom. The second-order valence-electron chi connectivity index (χ2n) is 6.12. The SMILES string of the molecule is CCOC(=O)C(C)OP(CCNCc1ccc(C)cc1)Oc1ccccc1. The van der Waals surface area contributed by atoms with Crippen molar-refractivity contribution in [2.75, 3.05) is 19.3 Å². The number of hydrogen-bond acceptors (Lipinski definition) is 5. The lowest BCUT2D eigenvalue weighted by Crippen LogP contribution is -2.24. The molecule has 2 aromatic carbocycles. The first-order chi connectivity index (χ1) is 13.1. The van der Waals surface area contributed by atoms with E-state index in [1.165, 1.54) is 11.1 Å². The van der Waals surface area contributed by atoms with E-state index in [2.05, 4.69) is 36.5 Å². The molecule has 1 N–H and O–H groups in total. The van der Waals surface area contributed by atoms with E-state index in [-0.39, 0.29) is 5.97 Å². The van der Waals surface area contributed by atoms with Crippen molar-refractivity contribution in [3.05, 3.63) is 65.7 Å². The van der Waals surface area contributed by atoms with Crippen molar-refractivity contribution < 1.29 is 18.6 Å². The van der Waals surface area contributed by atoms with Crippen LogP contribution >= 0.6 is 8.38 Å². The summed E-state index contributed by atoms with van der Waals surface area (Å²) in [6.45, 7) is 7.39. The first kappa shape index (κ1) is 21.4. The number of ether oxygens (including phenoxy) is 1. The average molecular weight is 389 g/mol. The van der Waals surface area contributed by atoms with Crippen molar-refractivity contribution in [2.24, 2.45) is 0 Å². The number of aryl methyl sites for hydroxylation is 1. The molecule has 0 fully saturated rings. The molecule has 0 heterocycles. The maximum Gasteiger partial charge on any atom is 0.335 e. The highest BCUT2D eigenvalue weighted by Gasteiger charge is 2.22. The van der Waals surface area contributed by atoms with Gasteiger partial charge in [0.05, 0.1) is 6.61 Å². The zero-order chi connectivity index (χ0) is 19.5. The third-order valence-electron chi connectivity index (χ3n) is 3.77. The summed E-state index contributed by atoms with van der Waals surface area (Å²) in [5.41, 5.74) is 2.48. The fourth-order valence-corrected chi connectivity index (χ4v) is 3.68. The molecule has 0 saturated carbocycles. The molecule has 2 rings (SSSR count). The Labute approximate surface area is 162 Å². The third kappa shape index (κ3) is 8.08. The van der Waals surface area contributed by atoms with Gasteiger partial charge < -0.3 is 19.1 Å². The van der Waals surface area contributed by atoms with Gasteiger partial charge in [0.15, 0.2) is 6.10 Å². The molecule has 27 heavy (non-hydrogen) atoms. The van der Waals surface area contributed by atoms with Crippen LogP contribution < -0.4 is 9.84 Å². The first-order valence-electron chi connectivity index (χ1n) is 9.18. The predicted molar refractivity (Wildman–Crippen MR) is 109 cm³/mol. The summed E-state index contributed by atoms with van der Waals surface area (Å²) in [6, 6.07) is 18.0. The molecule has 2 aromatic rings. The van der Waals surface area contributed by atoms with Crippen molar-refractivity contribution in [3.8, 4) is 5.75 Å². The highest BCUT2D eigenvalue weighted by Crippen LogP contribution is 2.40. The van der Waals surface area contributed by atoms with Crippen LogP contribution in [-0.4, -0.2) is 31.4 Å². The molecule has 0 saturated heterocycles. The number of carbonyl (C=O) groups excluding carboxylic acids is 1. The number of para-hydroxylation sites is 1. The topological polar surface area (TPSA) is 56.8 Å². The largest absolute Gasteiger partial charge is 0.464 e. The molecule has 2 atom stereocenters. The molecule has 0 bridgehead atoms. The normalized spacial score (nSPS) is 13.0. The van der Waals surface area contributed by atoms with Crippen LogP contribution in [0.3, 0.4) is 0 Å². The Balaban J connectivity index is 1.86. The minimum absolute atomic E-state index is 0.335. The molecule has 0 radical (unpaired) electrons. The minimum Gasteiger partial charge on any atom is -0.464 e. The van der Waals surface area contributed by atoms with Crippen molar-refractivity contribution in [2.45, 2.75) is 33.4 Å². The highest BCUT2D eigenvalue weighted by molar-refractivity contribution is 7.47. The first-order valence-corrected chi connectivity index (χ1v) is 10.5. The number of nitrogens with one attached hydrogen (secondary N) is 1. The Bertz CT molecular complexity index is 678. The quantitative estimate of drug-likeness (QED) is 0.350. The lowest BCUT2D eigenvalue weighted by molar-refractivity contribution is -0.150. The van der Waals surface area contributed by atoms with Gasteiger partial charge in [0, 0.05) is 19.3 Å². The van der Waals surface area contributed by atoms with Crippen LogP contribution in [0.5, 0.6) is 5.75 Å². The molecule has 0 spiro atoms. The fraction of sp³-hybridized carbons (Fsp3) is 0.381. The van der Waals surface area contributed by atoms with Crippen molar-refractivity contribution >= 4 is 14.3 Å². The lowest BCUT2D eigenvalue weighted by Gasteiger charge is -2.21. The van der Waals surface area contributed by atoms with Crippen molar-refractivity contribution in [1.82, 2.24) is 5.32 Å². The van der Waals surface area contributed by atoms with E-state index in [4.69, 9.17) is 13.8 Å². The Hall–Kier alpha value is -1.94. The summed E-state index contributed by atoms with van der Waals surface area (Å²) in [5, 5.41) is 3.41. The van der Waals surface area contributed by atoms with Crippen LogP contribution in [0.1, 0.15) is 25.0 Å². The molecule has 146 valence electrons. The monoisotopic (exact) mass is 389 g/mol. The number of hydrogen-bond donors (Lipinski definition) is 1. The van der Waals surface area contributed by atoms with Gasteiger partial charge in [-0.1, -0.05) is 48.0 Å². The Morgan fingerprint density at radius 1 is 1.11 bits per heavy atom. The van der Waals surface area contributed by atoms with Crippen LogP contribution in [0.2, 0.25) is 0 Å². The van der Waals surface area contributed by atoms with Crippen molar-refractivity contribution in [3.63, 3.8) is 0 Å². The second kappa shape index (κ2) is 11.7. The average Bonchev–Trinajstić information content (AvgIpc) is 2.67. The Morgan fingerprint density at radius 3 is 2.48 bits per heavy atom. The second-order valence-corrected chi connectivity index (χ2v) is 7.63. The van der Waals surface area contributed by atoms with Crippen LogP contribution in [0.25, 0.3) is 0 Å². The van der Waals surface area contributed by atoms with Gasteiger partial charge in [-0.15, -0.1) is 0 Å². The minimum atomic E-state index is -1.27. The fourth-order valence-electron chi connectivity index (χ4n) is 2.31. The van der Waals surface area contributed by atoms with Gasteiger partial charge in [0.2, 0.25) is 8.38 Å².